The molecule has 2 aromatic carbocycles. The molecule has 0 aliphatic carbocycles. The molecular formula is C35H56N2O. The van der Waals surface area contributed by atoms with E-state index in [2.05, 4.69) is 114 Å². The number of aryl methyl sites for hydroxylation is 1. The molecule has 0 saturated carbocycles. The molecule has 4 rings (SSSR count). The van der Waals surface area contributed by atoms with Crippen LogP contribution in [-0.4, -0.2) is 16.7 Å². The lowest BCUT2D eigenvalue weighted by atomic mass is 10.0. The van der Waals surface area contributed by atoms with Gasteiger partial charge >= 0.3 is 0 Å². The summed E-state index contributed by atoms with van der Waals surface area (Å²) >= 11 is 0. The first-order valence-corrected chi connectivity index (χ1v) is 13.9. The van der Waals surface area contributed by atoms with Gasteiger partial charge in [0.1, 0.15) is 5.75 Å². The van der Waals surface area contributed by atoms with Crippen molar-refractivity contribution in [2.75, 3.05) is 7.11 Å². The highest BCUT2D eigenvalue weighted by Crippen LogP contribution is 2.23. The molecule has 0 aliphatic rings. The van der Waals surface area contributed by atoms with Gasteiger partial charge in [-0.3, -0.25) is 0 Å². The van der Waals surface area contributed by atoms with Gasteiger partial charge in [0.05, 0.1) is 12.6 Å². The van der Waals surface area contributed by atoms with Crippen molar-refractivity contribution >= 4 is 5.52 Å². The zero-order valence-corrected chi connectivity index (χ0v) is 25.5. The van der Waals surface area contributed by atoms with Gasteiger partial charge in [0.25, 0.3) is 0 Å². The number of fused-ring (bicyclic) bond motifs is 1. The fraction of sp³-hybridized carbons (Fsp3) is 0.457. The molecule has 3 nitrogen and oxygen atoms in total. The molecule has 212 valence electrons. The first kappa shape index (κ1) is 37.1. The Kier molecular flexibility index (Phi) is 20.4. The third kappa shape index (κ3) is 12.9. The molecule has 0 spiro atoms. The molecule has 0 bridgehead atoms. The number of rotatable bonds is 4. The molecule has 0 amide bonds. The van der Waals surface area contributed by atoms with Gasteiger partial charge in [-0.15, -0.1) is 0 Å². The Hall–Kier alpha value is -3.07. The predicted molar refractivity (Wildman–Crippen MR) is 171 cm³/mol. The van der Waals surface area contributed by atoms with Crippen molar-refractivity contribution in [2.45, 2.75) is 101 Å². The van der Waals surface area contributed by atoms with Crippen LogP contribution in [0.4, 0.5) is 0 Å². The van der Waals surface area contributed by atoms with Gasteiger partial charge in [0, 0.05) is 12.4 Å². The third-order valence-corrected chi connectivity index (χ3v) is 5.65. The second-order valence-corrected chi connectivity index (χ2v) is 9.27. The zero-order valence-electron chi connectivity index (χ0n) is 25.5. The number of benzene rings is 2. The van der Waals surface area contributed by atoms with Crippen molar-refractivity contribution in [3.63, 3.8) is 0 Å². The van der Waals surface area contributed by atoms with Crippen LogP contribution in [0.5, 0.6) is 5.75 Å². The minimum Gasteiger partial charge on any atom is -0.496 e. The van der Waals surface area contributed by atoms with Crippen molar-refractivity contribution in [2.24, 2.45) is 0 Å². The highest BCUT2D eigenvalue weighted by atomic mass is 16.5. The summed E-state index contributed by atoms with van der Waals surface area (Å²) < 4.78 is 7.15. The molecule has 0 aliphatic heterocycles. The Labute approximate surface area is 235 Å². The first-order chi connectivity index (χ1) is 17.7. The lowest BCUT2D eigenvalue weighted by Crippen LogP contribution is -1.92. The fourth-order valence-electron chi connectivity index (χ4n) is 3.31. The van der Waals surface area contributed by atoms with E-state index in [-0.39, 0.29) is 7.43 Å². The number of hydrogen-bond acceptors (Lipinski definition) is 2. The van der Waals surface area contributed by atoms with Crippen LogP contribution >= 0.6 is 0 Å². The molecule has 2 heterocycles. The minimum absolute atomic E-state index is 0. The highest BCUT2D eigenvalue weighted by molar-refractivity contribution is 5.46. The van der Waals surface area contributed by atoms with Crippen LogP contribution in [-0.2, 0) is 0 Å². The first-order valence-electron chi connectivity index (χ1n) is 13.9. The summed E-state index contributed by atoms with van der Waals surface area (Å²) in [5.41, 5.74) is 6.42. The smallest absolute Gasteiger partial charge is 0.122 e. The van der Waals surface area contributed by atoms with Crippen molar-refractivity contribution in [1.29, 1.82) is 0 Å². The van der Waals surface area contributed by atoms with E-state index in [9.17, 15) is 0 Å². The summed E-state index contributed by atoms with van der Waals surface area (Å²) in [7, 11) is 1.71. The second-order valence-electron chi connectivity index (χ2n) is 9.27. The maximum absolute atomic E-state index is 5.24. The van der Waals surface area contributed by atoms with E-state index in [4.69, 9.17) is 4.74 Å². The van der Waals surface area contributed by atoms with Crippen molar-refractivity contribution in [3.05, 3.63) is 101 Å². The predicted octanol–water partition coefficient (Wildman–Crippen LogP) is 11.1. The van der Waals surface area contributed by atoms with Crippen LogP contribution in [0.25, 0.3) is 5.52 Å². The maximum atomic E-state index is 5.24. The van der Waals surface area contributed by atoms with Crippen molar-refractivity contribution in [1.82, 2.24) is 9.61 Å². The number of hydrogen-bond donors (Lipinski definition) is 0. The van der Waals surface area contributed by atoms with E-state index in [1.807, 2.05) is 50.5 Å². The van der Waals surface area contributed by atoms with Gasteiger partial charge < -0.3 is 4.74 Å². The molecule has 2 aromatic heterocycles. The van der Waals surface area contributed by atoms with Crippen LogP contribution in [0, 0.1) is 6.92 Å². The van der Waals surface area contributed by atoms with Gasteiger partial charge in [0.2, 0.25) is 0 Å². The summed E-state index contributed by atoms with van der Waals surface area (Å²) in [5, 5.41) is 4.18. The summed E-state index contributed by atoms with van der Waals surface area (Å²) in [6.45, 7) is 23.2. The van der Waals surface area contributed by atoms with Gasteiger partial charge in [-0.2, -0.15) is 5.10 Å². The Bertz CT molecular complexity index is 1100. The normalized spacial score (nSPS) is 9.55. The van der Waals surface area contributed by atoms with E-state index < -0.39 is 0 Å². The molecule has 3 heteroatoms. The Morgan fingerprint density at radius 3 is 1.66 bits per heavy atom. The molecule has 0 fully saturated rings. The van der Waals surface area contributed by atoms with Crippen LogP contribution < -0.4 is 4.74 Å². The van der Waals surface area contributed by atoms with E-state index >= 15 is 0 Å². The largest absolute Gasteiger partial charge is 0.496 e. The summed E-state index contributed by atoms with van der Waals surface area (Å²) in [6, 6.07) is 23.1. The Morgan fingerprint density at radius 1 is 0.658 bits per heavy atom. The number of methoxy groups -OCH3 is 1. The van der Waals surface area contributed by atoms with Crippen LogP contribution in [0.15, 0.2) is 79.1 Å². The van der Waals surface area contributed by atoms with Crippen LogP contribution in [0.2, 0.25) is 0 Å². The average molecular weight is 521 g/mol. The Morgan fingerprint density at radius 2 is 1.18 bits per heavy atom. The monoisotopic (exact) mass is 520 g/mol. The molecule has 0 atom stereocenters. The SMILES string of the molecule is C.CC.CC.CC(C)c1ccc2ccnn2c1.CC(C)c1ccccc1.COc1cc(C(C)C)ccc1C. The summed E-state index contributed by atoms with van der Waals surface area (Å²) in [4.78, 5) is 0. The van der Waals surface area contributed by atoms with E-state index in [1.54, 1.807) is 7.11 Å². The van der Waals surface area contributed by atoms with Gasteiger partial charge in [-0.1, -0.05) is 125 Å². The molecule has 0 unspecified atom stereocenters. The quantitative estimate of drug-likeness (QED) is 0.267. The fourth-order valence-corrected chi connectivity index (χ4v) is 3.31. The molecule has 0 saturated heterocycles. The standard InChI is InChI=1S/C11H16O.C10H12N2.C9H12.2C2H6.CH4/c1-8(2)10-6-5-9(3)11(7-10)12-4;1-8(2)9-3-4-10-5-6-11-12(10)7-9;1-8(2)9-6-4-3-5-7-9;2*1-2;/h5-8H,1-4H3;3-8H,1-2H3;3-8H,1-2H3;2*1-2H3;1H4. The number of ether oxygens (including phenoxy) is 1. The zero-order chi connectivity index (χ0) is 28.4. The number of nitrogens with zero attached hydrogens (tertiary/aromatic N) is 2. The van der Waals surface area contributed by atoms with Gasteiger partial charge in [-0.25, -0.2) is 4.52 Å². The minimum atomic E-state index is 0. The lowest BCUT2D eigenvalue weighted by molar-refractivity contribution is 0.411. The van der Waals surface area contributed by atoms with E-state index in [1.165, 1.54) is 22.3 Å². The van der Waals surface area contributed by atoms with E-state index in [0.29, 0.717) is 17.8 Å². The van der Waals surface area contributed by atoms with E-state index in [0.717, 1.165) is 11.3 Å². The Balaban J connectivity index is 0. The molecular weight excluding hydrogens is 464 g/mol. The third-order valence-electron chi connectivity index (χ3n) is 5.65. The molecule has 38 heavy (non-hydrogen) atoms. The molecule has 4 aromatic rings. The number of aromatic nitrogens is 2. The lowest BCUT2D eigenvalue weighted by Gasteiger charge is -2.09. The number of pyridine rings is 1. The summed E-state index contributed by atoms with van der Waals surface area (Å²) in [6.07, 6.45) is 3.90. The molecule has 0 radical (unpaired) electrons. The molecule has 0 N–H and O–H groups in total. The van der Waals surface area contributed by atoms with Gasteiger partial charge in [-0.05, 0) is 65.1 Å². The maximum Gasteiger partial charge on any atom is 0.122 e. The average Bonchev–Trinajstić information content (AvgIpc) is 3.40. The topological polar surface area (TPSA) is 26.5 Å². The van der Waals surface area contributed by atoms with Crippen molar-refractivity contribution in [3.8, 4) is 5.75 Å². The van der Waals surface area contributed by atoms with Crippen LogP contribution in [0.3, 0.4) is 0 Å². The second kappa shape index (κ2) is 20.9. The highest BCUT2D eigenvalue weighted by Gasteiger charge is 2.03. The summed E-state index contributed by atoms with van der Waals surface area (Å²) in [5.74, 6) is 2.78. The van der Waals surface area contributed by atoms with Gasteiger partial charge in [0.15, 0.2) is 0 Å². The van der Waals surface area contributed by atoms with Crippen molar-refractivity contribution < 1.29 is 4.74 Å². The van der Waals surface area contributed by atoms with Crippen LogP contribution in [0.1, 0.15) is 117 Å².